The summed E-state index contributed by atoms with van der Waals surface area (Å²) in [6.45, 7) is 3.18. The molecule has 0 saturated heterocycles. The van der Waals surface area contributed by atoms with E-state index >= 15 is 0 Å². The van der Waals surface area contributed by atoms with Gasteiger partial charge in [-0.25, -0.2) is 8.42 Å². The SMILES string of the molecule is CC(C)S(=O)(=O)c1ccc(CC(=O)N[C@@H]2C[C@H](CO)[C@H](O)C2)cc1. The fraction of sp³-hybridized carbons (Fsp3) is 0.588. The van der Waals surface area contributed by atoms with Crippen LogP contribution in [0, 0.1) is 5.92 Å². The Labute approximate surface area is 142 Å². The summed E-state index contributed by atoms with van der Waals surface area (Å²) in [4.78, 5) is 12.3. The van der Waals surface area contributed by atoms with Crippen molar-refractivity contribution in [2.45, 2.75) is 55.4 Å². The van der Waals surface area contributed by atoms with Crippen LogP contribution in [0.2, 0.25) is 0 Å². The van der Waals surface area contributed by atoms with Gasteiger partial charge in [0.1, 0.15) is 0 Å². The molecule has 2 rings (SSSR count). The number of hydrogen-bond donors (Lipinski definition) is 3. The van der Waals surface area contributed by atoms with Crippen LogP contribution in [0.4, 0.5) is 0 Å². The first-order valence-electron chi connectivity index (χ1n) is 8.15. The van der Waals surface area contributed by atoms with Gasteiger partial charge in [-0.2, -0.15) is 0 Å². The maximum atomic E-state index is 12.1. The van der Waals surface area contributed by atoms with Crippen molar-refractivity contribution in [3.63, 3.8) is 0 Å². The van der Waals surface area contributed by atoms with E-state index in [1.54, 1.807) is 26.0 Å². The monoisotopic (exact) mass is 355 g/mol. The number of carbonyl (C=O) groups is 1. The van der Waals surface area contributed by atoms with E-state index < -0.39 is 21.2 Å². The molecule has 0 radical (unpaired) electrons. The summed E-state index contributed by atoms with van der Waals surface area (Å²) in [5, 5.41) is 21.2. The highest BCUT2D eigenvalue weighted by atomic mass is 32.2. The molecule has 1 aromatic carbocycles. The van der Waals surface area contributed by atoms with Crippen molar-refractivity contribution in [2.24, 2.45) is 5.92 Å². The van der Waals surface area contributed by atoms with Crippen LogP contribution < -0.4 is 5.32 Å². The summed E-state index contributed by atoms with van der Waals surface area (Å²) in [7, 11) is -3.31. The second-order valence-corrected chi connectivity index (χ2v) is 9.16. The molecule has 1 fully saturated rings. The molecule has 6 nitrogen and oxygen atoms in total. The summed E-state index contributed by atoms with van der Waals surface area (Å²) in [5.74, 6) is -0.360. The largest absolute Gasteiger partial charge is 0.396 e. The van der Waals surface area contributed by atoms with Crippen LogP contribution in [0.3, 0.4) is 0 Å². The van der Waals surface area contributed by atoms with Gasteiger partial charge in [0.05, 0.1) is 22.7 Å². The molecule has 1 amide bonds. The van der Waals surface area contributed by atoms with E-state index in [0.29, 0.717) is 12.8 Å². The van der Waals surface area contributed by atoms with E-state index in [1.807, 2.05) is 0 Å². The summed E-state index contributed by atoms with van der Waals surface area (Å²) < 4.78 is 24.1. The van der Waals surface area contributed by atoms with Gasteiger partial charge in [-0.3, -0.25) is 4.79 Å². The zero-order valence-corrected chi connectivity index (χ0v) is 14.8. The Morgan fingerprint density at radius 1 is 1.25 bits per heavy atom. The third kappa shape index (κ3) is 4.34. The van der Waals surface area contributed by atoms with Crippen LogP contribution >= 0.6 is 0 Å². The summed E-state index contributed by atoms with van der Waals surface area (Å²) in [6.07, 6.45) is 0.580. The van der Waals surface area contributed by atoms with Gasteiger partial charge in [-0.1, -0.05) is 12.1 Å². The quantitative estimate of drug-likeness (QED) is 0.695. The maximum Gasteiger partial charge on any atom is 0.224 e. The zero-order chi connectivity index (χ0) is 17.9. The standard InChI is InChI=1S/C17H25NO5S/c1-11(2)24(22,23)15-5-3-12(4-6-15)7-17(21)18-14-8-13(10-19)16(20)9-14/h3-6,11,13-14,16,19-20H,7-10H2,1-2H3,(H,18,21)/t13-,14-,16-/m1/s1. The van der Waals surface area contributed by atoms with Gasteiger partial charge in [0.15, 0.2) is 9.84 Å². The Morgan fingerprint density at radius 2 is 1.88 bits per heavy atom. The first-order chi connectivity index (χ1) is 11.2. The van der Waals surface area contributed by atoms with E-state index in [2.05, 4.69) is 5.32 Å². The minimum absolute atomic E-state index is 0.0840. The van der Waals surface area contributed by atoms with Crippen molar-refractivity contribution in [1.29, 1.82) is 0 Å². The average molecular weight is 355 g/mol. The zero-order valence-electron chi connectivity index (χ0n) is 14.0. The van der Waals surface area contributed by atoms with Crippen LogP contribution in [0.15, 0.2) is 29.2 Å². The Bertz CT molecular complexity index is 669. The Kier molecular flexibility index (Phi) is 6.01. The summed E-state index contributed by atoms with van der Waals surface area (Å²) in [5.41, 5.74) is 0.729. The minimum atomic E-state index is -3.31. The smallest absolute Gasteiger partial charge is 0.224 e. The van der Waals surface area contributed by atoms with E-state index in [4.69, 9.17) is 5.11 Å². The molecule has 0 unspecified atom stereocenters. The molecule has 0 aromatic heterocycles. The number of aliphatic hydroxyl groups excluding tert-OH is 2. The lowest BCUT2D eigenvalue weighted by atomic mass is 10.1. The molecule has 1 aliphatic rings. The topological polar surface area (TPSA) is 104 Å². The second kappa shape index (κ2) is 7.63. The molecule has 0 aliphatic heterocycles. The van der Waals surface area contributed by atoms with E-state index in [9.17, 15) is 18.3 Å². The fourth-order valence-electron chi connectivity index (χ4n) is 2.95. The first kappa shape index (κ1) is 18.9. The lowest BCUT2D eigenvalue weighted by molar-refractivity contribution is -0.121. The molecule has 1 aliphatic carbocycles. The van der Waals surface area contributed by atoms with Gasteiger partial charge in [0.25, 0.3) is 0 Å². The second-order valence-electron chi connectivity index (χ2n) is 6.66. The number of carbonyl (C=O) groups excluding carboxylic acids is 1. The van der Waals surface area contributed by atoms with Crippen LogP contribution in [-0.2, 0) is 21.1 Å². The highest BCUT2D eigenvalue weighted by Gasteiger charge is 2.33. The number of amides is 1. The predicted molar refractivity (Wildman–Crippen MR) is 90.2 cm³/mol. The number of benzene rings is 1. The molecule has 3 atom stereocenters. The Hall–Kier alpha value is -1.44. The molecule has 0 spiro atoms. The molecule has 1 saturated carbocycles. The molecule has 134 valence electrons. The van der Waals surface area contributed by atoms with Crippen molar-refractivity contribution in [3.05, 3.63) is 29.8 Å². The van der Waals surface area contributed by atoms with Gasteiger partial charge in [-0.05, 0) is 44.4 Å². The van der Waals surface area contributed by atoms with Crippen LogP contribution in [0.1, 0.15) is 32.3 Å². The number of rotatable bonds is 6. The Morgan fingerprint density at radius 3 is 2.38 bits per heavy atom. The molecule has 0 heterocycles. The highest BCUT2D eigenvalue weighted by Crippen LogP contribution is 2.25. The fourth-order valence-corrected chi connectivity index (χ4v) is 4.01. The summed E-state index contributed by atoms with van der Waals surface area (Å²) >= 11 is 0. The molecule has 1 aromatic rings. The van der Waals surface area contributed by atoms with Crippen molar-refractivity contribution in [2.75, 3.05) is 6.61 Å². The normalized spacial score (nSPS) is 24.3. The molecule has 24 heavy (non-hydrogen) atoms. The third-order valence-electron chi connectivity index (χ3n) is 4.49. The highest BCUT2D eigenvalue weighted by molar-refractivity contribution is 7.92. The maximum absolute atomic E-state index is 12.1. The van der Waals surface area contributed by atoms with Crippen molar-refractivity contribution in [1.82, 2.24) is 5.32 Å². The van der Waals surface area contributed by atoms with Gasteiger partial charge < -0.3 is 15.5 Å². The van der Waals surface area contributed by atoms with Crippen LogP contribution in [-0.4, -0.2) is 48.5 Å². The van der Waals surface area contributed by atoms with Gasteiger partial charge in [-0.15, -0.1) is 0 Å². The molecular formula is C17H25NO5S. The van der Waals surface area contributed by atoms with Crippen LogP contribution in [0.25, 0.3) is 0 Å². The lowest BCUT2D eigenvalue weighted by Gasteiger charge is -2.13. The average Bonchev–Trinajstić information content (AvgIpc) is 2.87. The van der Waals surface area contributed by atoms with Crippen molar-refractivity contribution < 1.29 is 23.4 Å². The van der Waals surface area contributed by atoms with Crippen LogP contribution in [0.5, 0.6) is 0 Å². The molecular weight excluding hydrogens is 330 g/mol. The summed E-state index contributed by atoms with van der Waals surface area (Å²) in [6, 6.07) is 6.22. The van der Waals surface area contributed by atoms with Gasteiger partial charge >= 0.3 is 0 Å². The lowest BCUT2D eigenvalue weighted by Crippen LogP contribution is -2.34. The third-order valence-corrected chi connectivity index (χ3v) is 6.66. The minimum Gasteiger partial charge on any atom is -0.396 e. The van der Waals surface area contributed by atoms with Crippen molar-refractivity contribution in [3.8, 4) is 0 Å². The van der Waals surface area contributed by atoms with Gasteiger partial charge in [0.2, 0.25) is 5.91 Å². The van der Waals surface area contributed by atoms with E-state index in [1.165, 1.54) is 12.1 Å². The van der Waals surface area contributed by atoms with Crippen molar-refractivity contribution >= 4 is 15.7 Å². The number of sulfone groups is 1. The molecule has 0 bridgehead atoms. The number of hydrogen-bond acceptors (Lipinski definition) is 5. The van der Waals surface area contributed by atoms with E-state index in [-0.39, 0.29) is 35.8 Å². The molecule has 7 heteroatoms. The van der Waals surface area contributed by atoms with Gasteiger partial charge in [0, 0.05) is 18.6 Å². The predicted octanol–water partition coefficient (Wildman–Crippen LogP) is 0.659. The Balaban J connectivity index is 1.93. The number of nitrogens with one attached hydrogen (secondary N) is 1. The van der Waals surface area contributed by atoms with E-state index in [0.717, 1.165) is 5.56 Å². The first-order valence-corrected chi connectivity index (χ1v) is 9.69. The molecule has 3 N–H and O–H groups in total. The number of aliphatic hydroxyl groups is 2.